The Balaban J connectivity index is 2.47. The molecule has 1 aromatic heterocycles. The van der Waals surface area contributed by atoms with E-state index in [9.17, 15) is 0 Å². The van der Waals surface area contributed by atoms with Crippen LogP contribution in [0.3, 0.4) is 0 Å². The summed E-state index contributed by atoms with van der Waals surface area (Å²) < 4.78 is 5.49. The Kier molecular flexibility index (Phi) is 6.52. The Hall–Kier alpha value is -0.610. The molecule has 0 radical (unpaired) electrons. The van der Waals surface area contributed by atoms with E-state index >= 15 is 0 Å². The van der Waals surface area contributed by atoms with Crippen molar-refractivity contribution in [2.75, 3.05) is 6.61 Å². The minimum Gasteiger partial charge on any atom is -0.463 e. The lowest BCUT2D eigenvalue weighted by molar-refractivity contribution is 0.217. The van der Waals surface area contributed by atoms with Gasteiger partial charge in [-0.1, -0.05) is 33.1 Å². The summed E-state index contributed by atoms with van der Waals surface area (Å²) in [6.07, 6.45) is 4.63. The standard InChI is InChI=1S/C11H17Cl2N3O/c1-3-5-6-8(4-2)7-17-11-15-9(12)14-10(13)16-11/h8H,3-7H2,1-2H3. The topological polar surface area (TPSA) is 47.9 Å². The molecule has 6 heteroatoms. The SMILES string of the molecule is CCCCC(CC)COc1nc(Cl)nc(Cl)n1. The highest BCUT2D eigenvalue weighted by Gasteiger charge is 2.09. The fourth-order valence-electron chi connectivity index (χ4n) is 1.46. The maximum absolute atomic E-state index is 5.66. The first-order valence-electron chi connectivity index (χ1n) is 5.85. The second-order valence-corrected chi connectivity index (χ2v) is 4.56. The second-order valence-electron chi connectivity index (χ2n) is 3.88. The molecule has 0 aliphatic heterocycles. The molecule has 0 saturated carbocycles. The van der Waals surface area contributed by atoms with Crippen LogP contribution in [-0.4, -0.2) is 21.6 Å². The zero-order valence-corrected chi connectivity index (χ0v) is 11.6. The number of hydrogen-bond donors (Lipinski definition) is 0. The van der Waals surface area contributed by atoms with Gasteiger partial charge in [0.15, 0.2) is 0 Å². The van der Waals surface area contributed by atoms with E-state index in [0.29, 0.717) is 12.5 Å². The summed E-state index contributed by atoms with van der Waals surface area (Å²) in [5.41, 5.74) is 0. The fraction of sp³-hybridized carbons (Fsp3) is 0.727. The third kappa shape index (κ3) is 5.50. The van der Waals surface area contributed by atoms with Gasteiger partial charge in [-0.2, -0.15) is 15.0 Å². The van der Waals surface area contributed by atoms with E-state index in [1.54, 1.807) is 0 Å². The molecule has 0 N–H and O–H groups in total. The van der Waals surface area contributed by atoms with Crippen LogP contribution in [0.2, 0.25) is 10.6 Å². The molecule has 1 unspecified atom stereocenters. The first-order chi connectivity index (χ1) is 8.15. The van der Waals surface area contributed by atoms with Crippen molar-refractivity contribution in [3.05, 3.63) is 10.6 Å². The minimum absolute atomic E-state index is 0.0570. The van der Waals surface area contributed by atoms with Crippen molar-refractivity contribution >= 4 is 23.2 Å². The predicted molar refractivity (Wildman–Crippen MR) is 68.6 cm³/mol. The van der Waals surface area contributed by atoms with Crippen molar-refractivity contribution in [3.8, 4) is 6.01 Å². The minimum atomic E-state index is 0.0570. The molecule has 1 aromatic rings. The molecule has 96 valence electrons. The zero-order valence-electron chi connectivity index (χ0n) is 10.1. The third-order valence-electron chi connectivity index (χ3n) is 2.55. The number of rotatable bonds is 7. The average molecular weight is 278 g/mol. The smallest absolute Gasteiger partial charge is 0.322 e. The number of nitrogens with zero attached hydrogens (tertiary/aromatic N) is 3. The lowest BCUT2D eigenvalue weighted by Crippen LogP contribution is -2.13. The summed E-state index contributed by atoms with van der Waals surface area (Å²) in [5.74, 6) is 0.518. The van der Waals surface area contributed by atoms with Crippen LogP contribution >= 0.6 is 23.2 Å². The molecule has 1 heterocycles. The zero-order chi connectivity index (χ0) is 12.7. The molecule has 1 atom stereocenters. The van der Waals surface area contributed by atoms with Crippen LogP contribution in [0.15, 0.2) is 0 Å². The number of ether oxygens (including phenoxy) is 1. The van der Waals surface area contributed by atoms with Crippen molar-refractivity contribution < 1.29 is 4.74 Å². The van der Waals surface area contributed by atoms with Gasteiger partial charge in [0.05, 0.1) is 6.61 Å². The lowest BCUT2D eigenvalue weighted by Gasteiger charge is -2.14. The van der Waals surface area contributed by atoms with Gasteiger partial charge in [0.25, 0.3) is 0 Å². The fourth-order valence-corrected chi connectivity index (χ4v) is 1.81. The van der Waals surface area contributed by atoms with Crippen LogP contribution in [0.25, 0.3) is 0 Å². The molecule has 0 spiro atoms. The molecule has 0 aliphatic carbocycles. The van der Waals surface area contributed by atoms with Crippen LogP contribution in [0.5, 0.6) is 6.01 Å². The maximum atomic E-state index is 5.66. The second kappa shape index (κ2) is 7.67. The highest BCUT2D eigenvalue weighted by molar-refractivity contribution is 6.31. The maximum Gasteiger partial charge on any atom is 0.322 e. The molecule has 4 nitrogen and oxygen atoms in total. The normalized spacial score (nSPS) is 12.5. The van der Waals surface area contributed by atoms with Gasteiger partial charge in [0.2, 0.25) is 10.6 Å². The van der Waals surface area contributed by atoms with Crippen molar-refractivity contribution in [3.63, 3.8) is 0 Å². The van der Waals surface area contributed by atoms with Gasteiger partial charge in [0.1, 0.15) is 0 Å². The van der Waals surface area contributed by atoms with E-state index in [1.807, 2.05) is 0 Å². The molecule has 0 aromatic carbocycles. The van der Waals surface area contributed by atoms with Gasteiger partial charge in [-0.05, 0) is 35.5 Å². The molecule has 0 bridgehead atoms. The van der Waals surface area contributed by atoms with E-state index < -0.39 is 0 Å². The van der Waals surface area contributed by atoms with E-state index in [-0.39, 0.29) is 16.6 Å². The number of aromatic nitrogens is 3. The molecule has 17 heavy (non-hydrogen) atoms. The van der Waals surface area contributed by atoms with Gasteiger partial charge >= 0.3 is 6.01 Å². The van der Waals surface area contributed by atoms with Gasteiger partial charge in [-0.15, -0.1) is 0 Å². The average Bonchev–Trinajstić information content (AvgIpc) is 2.28. The summed E-state index contributed by atoms with van der Waals surface area (Å²) in [6, 6.07) is 0.199. The Morgan fingerprint density at radius 3 is 2.29 bits per heavy atom. The van der Waals surface area contributed by atoms with Crippen LogP contribution in [0.4, 0.5) is 0 Å². The molecule has 0 amide bonds. The summed E-state index contributed by atoms with van der Waals surface area (Å²) in [5, 5.41) is 0.114. The van der Waals surface area contributed by atoms with E-state index in [2.05, 4.69) is 28.8 Å². The van der Waals surface area contributed by atoms with Crippen molar-refractivity contribution in [1.82, 2.24) is 15.0 Å². The Bertz CT molecular complexity index is 329. The number of hydrogen-bond acceptors (Lipinski definition) is 4. The molecule has 0 saturated heterocycles. The largest absolute Gasteiger partial charge is 0.463 e. The summed E-state index contributed by atoms with van der Waals surface area (Å²) >= 11 is 11.3. The highest BCUT2D eigenvalue weighted by Crippen LogP contribution is 2.16. The van der Waals surface area contributed by atoms with Crippen LogP contribution in [0, 0.1) is 5.92 Å². The van der Waals surface area contributed by atoms with Crippen molar-refractivity contribution in [1.29, 1.82) is 0 Å². The summed E-state index contributed by atoms with van der Waals surface area (Å²) in [6.45, 7) is 4.92. The highest BCUT2D eigenvalue weighted by atomic mass is 35.5. The van der Waals surface area contributed by atoms with E-state index in [0.717, 1.165) is 12.8 Å². The number of unbranched alkanes of at least 4 members (excludes halogenated alkanes) is 1. The molecular weight excluding hydrogens is 261 g/mol. The quantitative estimate of drug-likeness (QED) is 0.761. The van der Waals surface area contributed by atoms with Crippen LogP contribution < -0.4 is 4.74 Å². The first-order valence-corrected chi connectivity index (χ1v) is 6.61. The summed E-state index contributed by atoms with van der Waals surface area (Å²) in [4.78, 5) is 11.4. The van der Waals surface area contributed by atoms with Gasteiger partial charge in [0, 0.05) is 0 Å². The summed E-state index contributed by atoms with van der Waals surface area (Å²) in [7, 11) is 0. The van der Waals surface area contributed by atoms with Gasteiger partial charge in [-0.3, -0.25) is 0 Å². The molecule has 0 fully saturated rings. The Labute approximate surface area is 112 Å². The molecule has 1 rings (SSSR count). The Morgan fingerprint density at radius 1 is 1.12 bits per heavy atom. The van der Waals surface area contributed by atoms with Crippen LogP contribution in [0.1, 0.15) is 39.5 Å². The number of halogens is 2. The van der Waals surface area contributed by atoms with E-state index in [1.165, 1.54) is 12.8 Å². The Morgan fingerprint density at radius 2 is 1.76 bits per heavy atom. The van der Waals surface area contributed by atoms with Crippen molar-refractivity contribution in [2.24, 2.45) is 5.92 Å². The van der Waals surface area contributed by atoms with E-state index in [4.69, 9.17) is 27.9 Å². The van der Waals surface area contributed by atoms with Gasteiger partial charge < -0.3 is 4.74 Å². The van der Waals surface area contributed by atoms with Crippen LogP contribution in [-0.2, 0) is 0 Å². The third-order valence-corrected chi connectivity index (χ3v) is 2.89. The first kappa shape index (κ1) is 14.5. The lowest BCUT2D eigenvalue weighted by atomic mass is 10.0. The van der Waals surface area contributed by atoms with Gasteiger partial charge in [-0.25, -0.2) is 0 Å². The van der Waals surface area contributed by atoms with Crippen molar-refractivity contribution in [2.45, 2.75) is 39.5 Å². The molecule has 0 aliphatic rings. The monoisotopic (exact) mass is 277 g/mol. The molecular formula is C11H17Cl2N3O. The predicted octanol–water partition coefficient (Wildman–Crippen LogP) is 3.77.